The predicted molar refractivity (Wildman–Crippen MR) is 134 cm³/mol. The van der Waals surface area contributed by atoms with Gasteiger partial charge in [-0.1, -0.05) is 58.4 Å². The van der Waals surface area contributed by atoms with Crippen molar-refractivity contribution in [2.45, 2.75) is 105 Å². The molecule has 0 aromatic rings. The van der Waals surface area contributed by atoms with Crippen LogP contribution in [0, 0.1) is 46.3 Å². The highest BCUT2D eigenvalue weighted by atomic mass is 32.3. The van der Waals surface area contributed by atoms with Crippen LogP contribution in [0.3, 0.4) is 0 Å². The zero-order chi connectivity index (χ0) is 24.2. The predicted octanol–water partition coefficient (Wildman–Crippen LogP) is 7.38. The van der Waals surface area contributed by atoms with Crippen molar-refractivity contribution in [3.05, 3.63) is 23.8 Å². The van der Waals surface area contributed by atoms with E-state index in [-0.39, 0.29) is 5.41 Å². The molecule has 3 fully saturated rings. The van der Waals surface area contributed by atoms with Gasteiger partial charge < -0.3 is 0 Å². The van der Waals surface area contributed by atoms with Crippen molar-refractivity contribution in [1.82, 2.24) is 0 Å². The first kappa shape index (κ1) is 25.4. The smallest absolute Gasteiger partial charge is 0.264 e. The van der Waals surface area contributed by atoms with Gasteiger partial charge in [0.25, 0.3) is 0 Å². The van der Waals surface area contributed by atoms with Crippen molar-refractivity contribution in [3.63, 3.8) is 0 Å². The van der Waals surface area contributed by atoms with Crippen molar-refractivity contribution in [3.8, 4) is 0 Å². The van der Waals surface area contributed by atoms with Gasteiger partial charge in [0, 0.05) is 0 Å². The molecule has 4 aliphatic carbocycles. The maximum atomic E-state index is 11.2. The summed E-state index contributed by atoms with van der Waals surface area (Å²) in [5.74, 6) is 4.40. The molecule has 0 saturated heterocycles. The second-order valence-corrected chi connectivity index (χ2v) is 13.8. The summed E-state index contributed by atoms with van der Waals surface area (Å²) in [7, 11) is -4.39. The van der Waals surface area contributed by atoms with Crippen LogP contribution < -0.4 is 0 Å². The van der Waals surface area contributed by atoms with Gasteiger partial charge in [-0.05, 0) is 111 Å². The minimum absolute atomic E-state index is 0.155. The molecule has 0 aliphatic heterocycles. The molecule has 0 radical (unpaired) electrons. The van der Waals surface area contributed by atoms with Gasteiger partial charge in [0.1, 0.15) is 0 Å². The van der Waals surface area contributed by atoms with Crippen LogP contribution in [0.1, 0.15) is 98.8 Å². The Morgan fingerprint density at radius 3 is 2.55 bits per heavy atom. The van der Waals surface area contributed by atoms with Gasteiger partial charge in [-0.2, -0.15) is 8.42 Å². The van der Waals surface area contributed by atoms with E-state index in [1.807, 2.05) is 0 Å². The topological polar surface area (TPSA) is 63.6 Å². The van der Waals surface area contributed by atoms with Crippen LogP contribution in [-0.4, -0.2) is 19.1 Å². The minimum atomic E-state index is -4.39. The van der Waals surface area contributed by atoms with Gasteiger partial charge in [0.2, 0.25) is 0 Å². The highest BCUT2D eigenvalue weighted by molar-refractivity contribution is 7.80. The second kappa shape index (κ2) is 9.09. The third kappa shape index (κ3) is 4.76. The SMILES string of the molecule is C=C(CC[C@@H](C)[C@H]1CC[C@H]2[C@@H]3CC=C4C[C@@H](OS(=O)(=O)O)CC[C@]4(C)[C@H]3CC[C@]12C)C(C)C. The Morgan fingerprint density at radius 2 is 1.88 bits per heavy atom. The van der Waals surface area contributed by atoms with E-state index in [9.17, 15) is 8.42 Å². The minimum Gasteiger partial charge on any atom is -0.264 e. The fraction of sp³-hybridized carbons (Fsp3) is 0.857. The number of hydrogen-bond donors (Lipinski definition) is 1. The summed E-state index contributed by atoms with van der Waals surface area (Å²) in [5, 5.41) is 0. The third-order valence-corrected chi connectivity index (χ3v) is 11.3. The Balaban J connectivity index is 1.47. The standard InChI is InChI=1S/C28H46O4S/c1-18(2)19(3)7-8-20(4)24-11-12-25-23-10-9-21-17-22(32-33(29,30)31)13-15-27(21,5)26(23)14-16-28(24,25)6/h9,18,20,22-26H,3,7-8,10-17H2,1-2,4-6H3,(H,29,30,31)/t20-,22+,23+,24-,25+,26+,27+,28-/m1/s1. The average molecular weight is 479 g/mol. The average Bonchev–Trinajstić information content (AvgIpc) is 3.08. The quantitative estimate of drug-likeness (QED) is 0.306. The molecule has 4 rings (SSSR count). The van der Waals surface area contributed by atoms with Crippen molar-refractivity contribution in [2.24, 2.45) is 46.3 Å². The third-order valence-electron chi connectivity index (χ3n) is 10.8. The number of allylic oxidation sites excluding steroid dienone is 2. The molecule has 4 aliphatic rings. The van der Waals surface area contributed by atoms with E-state index in [0.717, 1.165) is 36.5 Å². The monoisotopic (exact) mass is 478 g/mol. The van der Waals surface area contributed by atoms with E-state index < -0.39 is 16.5 Å². The number of hydrogen-bond acceptors (Lipinski definition) is 3. The Kier molecular flexibility index (Phi) is 7.01. The lowest BCUT2D eigenvalue weighted by Crippen LogP contribution is -2.51. The van der Waals surface area contributed by atoms with Crippen molar-refractivity contribution >= 4 is 10.4 Å². The van der Waals surface area contributed by atoms with E-state index in [4.69, 9.17) is 8.74 Å². The fourth-order valence-corrected chi connectivity index (χ4v) is 9.27. The highest BCUT2D eigenvalue weighted by Crippen LogP contribution is 2.67. The first-order chi connectivity index (χ1) is 15.3. The Hall–Kier alpha value is -0.650. The molecule has 0 amide bonds. The van der Waals surface area contributed by atoms with Crippen molar-refractivity contribution in [2.75, 3.05) is 0 Å². The van der Waals surface area contributed by atoms with E-state index in [1.165, 1.54) is 49.7 Å². The molecular formula is C28H46O4S. The molecule has 3 saturated carbocycles. The molecule has 1 N–H and O–H groups in total. The first-order valence-corrected chi connectivity index (χ1v) is 14.7. The molecule has 33 heavy (non-hydrogen) atoms. The van der Waals surface area contributed by atoms with Crippen LogP contribution in [-0.2, 0) is 14.6 Å². The first-order valence-electron chi connectivity index (χ1n) is 13.4. The largest absolute Gasteiger partial charge is 0.397 e. The molecule has 188 valence electrons. The lowest BCUT2D eigenvalue weighted by atomic mass is 9.47. The summed E-state index contributed by atoms with van der Waals surface area (Å²) in [5.41, 5.74) is 3.38. The molecular weight excluding hydrogens is 432 g/mol. The van der Waals surface area contributed by atoms with Crippen LogP contribution in [0.4, 0.5) is 0 Å². The van der Waals surface area contributed by atoms with E-state index in [2.05, 4.69) is 47.3 Å². The molecule has 0 heterocycles. The molecule has 0 aromatic heterocycles. The Bertz CT molecular complexity index is 890. The van der Waals surface area contributed by atoms with Crippen LogP contribution in [0.2, 0.25) is 0 Å². The molecule has 5 heteroatoms. The normalized spacial score (nSPS) is 41.7. The molecule has 0 spiro atoms. The van der Waals surface area contributed by atoms with Gasteiger partial charge in [-0.15, -0.1) is 0 Å². The van der Waals surface area contributed by atoms with Gasteiger partial charge >= 0.3 is 10.4 Å². The van der Waals surface area contributed by atoms with Gasteiger partial charge in [0.05, 0.1) is 6.10 Å². The summed E-state index contributed by atoms with van der Waals surface area (Å²) in [4.78, 5) is 0. The molecule has 8 atom stereocenters. The highest BCUT2D eigenvalue weighted by Gasteiger charge is 2.59. The summed E-state index contributed by atoms with van der Waals surface area (Å²) in [6.45, 7) is 16.4. The Labute approximate surface area is 202 Å². The van der Waals surface area contributed by atoms with E-state index in [0.29, 0.717) is 30.1 Å². The maximum Gasteiger partial charge on any atom is 0.397 e. The maximum absolute atomic E-state index is 11.2. The van der Waals surface area contributed by atoms with Crippen LogP contribution in [0.5, 0.6) is 0 Å². The molecule has 0 bridgehead atoms. The lowest BCUT2D eigenvalue weighted by molar-refractivity contribution is -0.0559. The Morgan fingerprint density at radius 1 is 1.15 bits per heavy atom. The van der Waals surface area contributed by atoms with E-state index >= 15 is 0 Å². The molecule has 4 nitrogen and oxygen atoms in total. The zero-order valence-electron chi connectivity index (χ0n) is 21.5. The summed E-state index contributed by atoms with van der Waals surface area (Å²) >= 11 is 0. The van der Waals surface area contributed by atoms with Crippen molar-refractivity contribution in [1.29, 1.82) is 0 Å². The van der Waals surface area contributed by atoms with Crippen LogP contribution in [0.15, 0.2) is 23.8 Å². The van der Waals surface area contributed by atoms with Crippen LogP contribution in [0.25, 0.3) is 0 Å². The van der Waals surface area contributed by atoms with E-state index in [1.54, 1.807) is 0 Å². The van der Waals surface area contributed by atoms with Crippen LogP contribution >= 0.6 is 0 Å². The van der Waals surface area contributed by atoms with Gasteiger partial charge in [-0.3, -0.25) is 4.55 Å². The second-order valence-electron chi connectivity index (χ2n) is 12.7. The lowest BCUT2D eigenvalue weighted by Gasteiger charge is -2.58. The van der Waals surface area contributed by atoms with Gasteiger partial charge in [-0.25, -0.2) is 4.18 Å². The summed E-state index contributed by atoms with van der Waals surface area (Å²) in [6.07, 6.45) is 13.2. The summed E-state index contributed by atoms with van der Waals surface area (Å²) < 4.78 is 36.6. The molecule has 0 aromatic carbocycles. The fourth-order valence-electron chi connectivity index (χ4n) is 8.76. The molecule has 0 unspecified atom stereocenters. The summed E-state index contributed by atoms with van der Waals surface area (Å²) in [6, 6.07) is 0. The number of rotatable bonds is 7. The van der Waals surface area contributed by atoms with Gasteiger partial charge in [0.15, 0.2) is 0 Å². The number of fused-ring (bicyclic) bond motifs is 5. The van der Waals surface area contributed by atoms with Crippen molar-refractivity contribution < 1.29 is 17.2 Å². The zero-order valence-corrected chi connectivity index (χ0v) is 22.3.